The van der Waals surface area contributed by atoms with E-state index in [1.807, 2.05) is 0 Å². The van der Waals surface area contributed by atoms with Gasteiger partial charge >= 0.3 is 0 Å². The van der Waals surface area contributed by atoms with Crippen molar-refractivity contribution in [2.75, 3.05) is 6.54 Å². The number of benzene rings is 2. The highest BCUT2D eigenvalue weighted by atomic mass is 16.3. The molecule has 7 nitrogen and oxygen atoms in total. The lowest BCUT2D eigenvalue weighted by atomic mass is 9.80. The van der Waals surface area contributed by atoms with Gasteiger partial charge in [0.05, 0.1) is 5.56 Å². The highest BCUT2D eigenvalue weighted by Crippen LogP contribution is 2.34. The Labute approximate surface area is 206 Å². The van der Waals surface area contributed by atoms with E-state index in [-0.39, 0.29) is 64.2 Å². The fourth-order valence-electron chi connectivity index (χ4n) is 3.75. The van der Waals surface area contributed by atoms with Gasteiger partial charge in [0.25, 0.3) is 0 Å². The average molecular weight is 482 g/mol. The summed E-state index contributed by atoms with van der Waals surface area (Å²) in [4.78, 5) is 50.7. The first kappa shape index (κ1) is 27.9. The molecule has 188 valence electrons. The zero-order valence-corrected chi connectivity index (χ0v) is 20.9. The molecule has 0 aromatic heterocycles. The average Bonchev–Trinajstić information content (AvgIpc) is 2.81. The van der Waals surface area contributed by atoms with Crippen LogP contribution < -0.4 is 5.32 Å². The van der Waals surface area contributed by atoms with Crippen LogP contribution in [0.3, 0.4) is 0 Å². The van der Waals surface area contributed by atoms with E-state index in [0.29, 0.717) is 18.9 Å². The number of phenolic OH excluding ortho intramolecular Hbond substituents is 1. The Morgan fingerprint density at radius 1 is 0.914 bits per heavy atom. The number of rotatable bonds is 9. The fourth-order valence-corrected chi connectivity index (χ4v) is 3.75. The maximum atomic E-state index is 13.0. The molecule has 1 amide bonds. The summed E-state index contributed by atoms with van der Waals surface area (Å²) < 4.78 is 0. The number of Topliss-reactive ketones (excluding diaryl/α,β-unsaturated/α-hetero) is 1. The van der Waals surface area contributed by atoms with E-state index >= 15 is 0 Å². The molecule has 3 N–H and O–H groups in total. The van der Waals surface area contributed by atoms with Crippen molar-refractivity contribution in [3.8, 4) is 5.75 Å². The van der Waals surface area contributed by atoms with Gasteiger partial charge in [-0.25, -0.2) is 0 Å². The normalized spacial score (nSPS) is 12.9. The van der Waals surface area contributed by atoms with Crippen LogP contribution in [0.1, 0.15) is 102 Å². The van der Waals surface area contributed by atoms with Gasteiger partial charge in [0.15, 0.2) is 17.3 Å². The molecule has 3 rings (SSSR count). The van der Waals surface area contributed by atoms with Crippen molar-refractivity contribution in [2.45, 2.75) is 65.9 Å². The maximum Gasteiger partial charge on any atom is 0.220 e. The van der Waals surface area contributed by atoms with E-state index in [1.54, 1.807) is 19.9 Å². The van der Waals surface area contributed by atoms with Crippen LogP contribution in [-0.2, 0) is 4.79 Å². The first-order chi connectivity index (χ1) is 16.6. The molecule has 7 heteroatoms. The minimum atomic E-state index is -0.474. The van der Waals surface area contributed by atoms with Crippen molar-refractivity contribution < 1.29 is 29.4 Å². The van der Waals surface area contributed by atoms with E-state index in [4.69, 9.17) is 5.11 Å². The monoisotopic (exact) mass is 481 g/mol. The highest BCUT2D eigenvalue weighted by Gasteiger charge is 2.34. The third-order valence-corrected chi connectivity index (χ3v) is 5.81. The van der Waals surface area contributed by atoms with Gasteiger partial charge in [0, 0.05) is 47.7 Å². The molecule has 0 bridgehead atoms. The quantitative estimate of drug-likeness (QED) is 0.388. The van der Waals surface area contributed by atoms with Gasteiger partial charge < -0.3 is 15.5 Å². The Morgan fingerprint density at radius 2 is 1.49 bits per heavy atom. The van der Waals surface area contributed by atoms with Crippen LogP contribution in [0.25, 0.3) is 0 Å². The molecule has 1 atom stereocenters. The molecule has 35 heavy (non-hydrogen) atoms. The summed E-state index contributed by atoms with van der Waals surface area (Å²) in [6.07, 6.45) is 2.51. The molecule has 0 heterocycles. The van der Waals surface area contributed by atoms with Crippen molar-refractivity contribution in [2.24, 2.45) is 5.92 Å². The molecular weight excluding hydrogens is 446 g/mol. The van der Waals surface area contributed by atoms with Crippen molar-refractivity contribution >= 4 is 23.3 Å². The van der Waals surface area contributed by atoms with Crippen molar-refractivity contribution in [3.63, 3.8) is 0 Å². The number of aliphatic hydroxyl groups excluding tert-OH is 1. The summed E-state index contributed by atoms with van der Waals surface area (Å²) in [6, 6.07) is 8.92. The molecule has 1 unspecified atom stereocenters. The number of hydrogen-bond acceptors (Lipinski definition) is 6. The van der Waals surface area contributed by atoms with Gasteiger partial charge in [0.1, 0.15) is 5.75 Å². The van der Waals surface area contributed by atoms with E-state index in [1.165, 1.54) is 30.3 Å². The molecule has 0 radical (unpaired) electrons. The zero-order valence-electron chi connectivity index (χ0n) is 20.9. The Bertz CT molecular complexity index is 1090. The smallest absolute Gasteiger partial charge is 0.220 e. The Balaban J connectivity index is 0.00000100. The van der Waals surface area contributed by atoms with Crippen LogP contribution in [0.4, 0.5) is 0 Å². The van der Waals surface area contributed by atoms with Gasteiger partial charge in [-0.05, 0) is 38.7 Å². The predicted octanol–water partition coefficient (Wildman–Crippen LogP) is 4.46. The largest absolute Gasteiger partial charge is 0.507 e. The first-order valence-electron chi connectivity index (χ1n) is 12.1. The Kier molecular flexibility index (Phi) is 10.3. The Hall–Kier alpha value is -3.32. The summed E-state index contributed by atoms with van der Waals surface area (Å²) in [7, 11) is 0. The summed E-state index contributed by atoms with van der Waals surface area (Å²) in [6.45, 7) is 8.31. The number of aromatic hydroxyl groups is 1. The Morgan fingerprint density at radius 3 is 2.11 bits per heavy atom. The summed E-state index contributed by atoms with van der Waals surface area (Å²) in [5.41, 5.74) is 0.445. The van der Waals surface area contributed by atoms with Gasteiger partial charge in [0.2, 0.25) is 5.91 Å². The van der Waals surface area contributed by atoms with Gasteiger partial charge in [-0.3, -0.25) is 19.2 Å². The van der Waals surface area contributed by atoms with Crippen LogP contribution in [0.15, 0.2) is 36.4 Å². The number of fused-ring (bicyclic) bond motifs is 2. The lowest BCUT2D eigenvalue weighted by Gasteiger charge is -2.20. The highest BCUT2D eigenvalue weighted by molar-refractivity contribution is 6.31. The third kappa shape index (κ3) is 7.33. The van der Waals surface area contributed by atoms with E-state index in [9.17, 15) is 24.3 Å². The summed E-state index contributed by atoms with van der Waals surface area (Å²) in [5, 5.41) is 21.0. The topological polar surface area (TPSA) is 121 Å². The van der Waals surface area contributed by atoms with E-state index < -0.39 is 11.6 Å². The van der Waals surface area contributed by atoms with Crippen molar-refractivity contribution in [3.05, 3.63) is 64.2 Å². The van der Waals surface area contributed by atoms with Gasteiger partial charge in [-0.1, -0.05) is 50.6 Å². The van der Waals surface area contributed by atoms with Gasteiger partial charge in [-0.15, -0.1) is 0 Å². The number of ketones is 3. The number of carbonyl (C=O) groups is 4. The van der Waals surface area contributed by atoms with Crippen LogP contribution in [0, 0.1) is 5.92 Å². The molecule has 2 aromatic carbocycles. The minimum Gasteiger partial charge on any atom is -0.507 e. The summed E-state index contributed by atoms with van der Waals surface area (Å²) >= 11 is 0. The van der Waals surface area contributed by atoms with Crippen LogP contribution in [-0.4, -0.2) is 46.1 Å². The number of carbonyl (C=O) groups excluding carboxylic acids is 4. The van der Waals surface area contributed by atoms with Crippen molar-refractivity contribution in [1.82, 2.24) is 5.32 Å². The molecule has 0 fully saturated rings. The van der Waals surface area contributed by atoms with Crippen LogP contribution in [0.5, 0.6) is 5.75 Å². The van der Waals surface area contributed by atoms with Crippen molar-refractivity contribution in [1.29, 1.82) is 0 Å². The molecule has 0 saturated carbocycles. The number of hydrogen-bond donors (Lipinski definition) is 3. The third-order valence-electron chi connectivity index (χ3n) is 5.81. The standard InChI is InChI=1S/C25H27NO5.C3H8O/c1-3-15(2)13-14-26-21(29)12-6-10-19(27)16-7-4-8-17-22(16)24(30)18-9-5-11-20(28)23(18)25(17)31;1-3(2)4/h4-5,7-9,11,15,28H,3,6,10,12-14H2,1-2H3,(H,26,29);3-4H,1-2H3. The van der Waals surface area contributed by atoms with E-state index in [0.717, 1.165) is 12.8 Å². The first-order valence-corrected chi connectivity index (χ1v) is 12.1. The fraction of sp³-hybridized carbons (Fsp3) is 0.429. The molecule has 1 aliphatic rings. The molecule has 1 aliphatic carbocycles. The molecule has 2 aromatic rings. The lowest BCUT2D eigenvalue weighted by molar-refractivity contribution is -0.121. The zero-order chi connectivity index (χ0) is 26.1. The molecule has 0 spiro atoms. The number of aliphatic hydroxyl groups is 1. The molecule has 0 saturated heterocycles. The van der Waals surface area contributed by atoms with Crippen LogP contribution in [0.2, 0.25) is 0 Å². The second-order valence-corrected chi connectivity index (χ2v) is 9.11. The predicted molar refractivity (Wildman–Crippen MR) is 134 cm³/mol. The molecular formula is C28H35NO6. The van der Waals surface area contributed by atoms with Crippen LogP contribution >= 0.6 is 0 Å². The van der Waals surface area contributed by atoms with E-state index in [2.05, 4.69) is 19.2 Å². The number of phenols is 1. The molecule has 0 aliphatic heterocycles. The minimum absolute atomic E-state index is 0.0290. The number of amides is 1. The maximum absolute atomic E-state index is 13.0. The lowest BCUT2D eigenvalue weighted by Crippen LogP contribution is -2.25. The SMILES string of the molecule is CC(C)O.CCC(C)CCNC(=O)CCCC(=O)c1cccc2c1C(=O)c1cccc(O)c1C2=O. The number of nitrogens with one attached hydrogen (secondary N) is 1. The second kappa shape index (κ2) is 13.0. The van der Waals surface area contributed by atoms with Gasteiger partial charge in [-0.2, -0.15) is 0 Å². The second-order valence-electron chi connectivity index (χ2n) is 9.11. The summed E-state index contributed by atoms with van der Waals surface area (Å²) in [5.74, 6) is -1.00.